The lowest BCUT2D eigenvalue weighted by molar-refractivity contribution is -0.123. The van der Waals surface area contributed by atoms with Crippen LogP contribution in [0.15, 0.2) is 71.7 Å². The maximum absolute atomic E-state index is 13.9. The molecule has 196 valence electrons. The molecule has 9 nitrogen and oxygen atoms in total. The first-order valence-corrected chi connectivity index (χ1v) is 12.3. The van der Waals surface area contributed by atoms with Crippen molar-refractivity contribution in [1.82, 2.24) is 14.7 Å². The molecule has 0 atom stereocenters. The quantitative estimate of drug-likeness (QED) is 0.297. The van der Waals surface area contributed by atoms with Gasteiger partial charge in [0.2, 0.25) is 0 Å². The van der Waals surface area contributed by atoms with E-state index < -0.39 is 0 Å². The van der Waals surface area contributed by atoms with Gasteiger partial charge in [0.15, 0.2) is 18.1 Å². The first-order valence-electron chi connectivity index (χ1n) is 12.3. The average molecular weight is 524 g/mol. The van der Waals surface area contributed by atoms with E-state index in [1.807, 2.05) is 48.5 Å². The van der Waals surface area contributed by atoms with Crippen molar-refractivity contribution in [2.75, 3.05) is 27.9 Å². The molecule has 3 aromatic heterocycles. The Morgan fingerprint density at radius 3 is 2.41 bits per heavy atom. The molecule has 3 aromatic carbocycles. The molecule has 1 amide bonds. The minimum Gasteiger partial charge on any atom is -0.497 e. The summed E-state index contributed by atoms with van der Waals surface area (Å²) in [5.74, 6) is 1.87. The second-order valence-electron chi connectivity index (χ2n) is 9.01. The average Bonchev–Trinajstić information content (AvgIpc) is 3.31. The summed E-state index contributed by atoms with van der Waals surface area (Å²) < 4.78 is 23.6. The van der Waals surface area contributed by atoms with Gasteiger partial charge in [-0.2, -0.15) is 0 Å². The van der Waals surface area contributed by atoms with Gasteiger partial charge in [-0.1, -0.05) is 12.1 Å². The van der Waals surface area contributed by atoms with Crippen LogP contribution in [0.25, 0.3) is 38.1 Å². The minimum atomic E-state index is -0.246. The zero-order valence-electron chi connectivity index (χ0n) is 21.6. The van der Waals surface area contributed by atoms with Crippen LogP contribution in [-0.4, -0.2) is 43.2 Å². The summed E-state index contributed by atoms with van der Waals surface area (Å²) >= 11 is 0. The lowest BCUT2D eigenvalue weighted by Crippen LogP contribution is -2.28. The van der Waals surface area contributed by atoms with E-state index in [0.29, 0.717) is 51.1 Å². The molecule has 0 aliphatic carbocycles. The molecule has 1 N–H and O–H groups in total. The lowest BCUT2D eigenvalue weighted by Gasteiger charge is -2.12. The van der Waals surface area contributed by atoms with Crippen LogP contribution in [0.1, 0.15) is 5.56 Å². The third-order valence-electron chi connectivity index (χ3n) is 6.88. The third-order valence-corrected chi connectivity index (χ3v) is 6.88. The normalized spacial score (nSPS) is 11.4. The zero-order chi connectivity index (χ0) is 27.1. The van der Waals surface area contributed by atoms with Gasteiger partial charge < -0.3 is 24.3 Å². The largest absolute Gasteiger partial charge is 0.497 e. The fourth-order valence-corrected chi connectivity index (χ4v) is 5.03. The molecule has 0 bridgehead atoms. The van der Waals surface area contributed by atoms with E-state index in [1.54, 1.807) is 29.8 Å². The number of ether oxygens (including phenoxy) is 4. The predicted molar refractivity (Wildman–Crippen MR) is 149 cm³/mol. The molecule has 6 rings (SSSR count). The number of hydrogen-bond donors (Lipinski definition) is 1. The number of nitrogens with zero attached hydrogens (tertiary/aromatic N) is 2. The topological polar surface area (TPSA) is 100 Å². The number of carbonyl (C=O) groups excluding carboxylic acids is 1. The Morgan fingerprint density at radius 2 is 1.67 bits per heavy atom. The molecule has 0 saturated carbocycles. The molecule has 3 heterocycles. The number of nitrogens with one attached hydrogen (secondary N) is 1. The minimum absolute atomic E-state index is 0.144. The molecule has 6 aromatic rings. The number of amides is 1. The van der Waals surface area contributed by atoms with Gasteiger partial charge in [0.25, 0.3) is 11.5 Å². The first kappa shape index (κ1) is 24.3. The molecule has 0 unspecified atom stereocenters. The number of pyridine rings is 2. The van der Waals surface area contributed by atoms with Crippen molar-refractivity contribution in [3.05, 3.63) is 82.8 Å². The van der Waals surface area contributed by atoms with Gasteiger partial charge in [0.1, 0.15) is 11.5 Å². The van der Waals surface area contributed by atoms with E-state index in [-0.39, 0.29) is 18.1 Å². The Kier molecular flexibility index (Phi) is 6.03. The summed E-state index contributed by atoms with van der Waals surface area (Å²) in [5.41, 5.74) is 2.82. The second kappa shape index (κ2) is 9.68. The summed E-state index contributed by atoms with van der Waals surface area (Å²) in [6.45, 7) is 0.236. The van der Waals surface area contributed by atoms with Gasteiger partial charge in [0.05, 0.1) is 43.3 Å². The molecule has 0 spiro atoms. The predicted octanol–water partition coefficient (Wildman–Crippen LogP) is 4.31. The summed E-state index contributed by atoms with van der Waals surface area (Å²) in [6, 6.07) is 18.4. The number of methoxy groups -OCH3 is 3. The van der Waals surface area contributed by atoms with Crippen LogP contribution < -0.4 is 29.8 Å². The summed E-state index contributed by atoms with van der Waals surface area (Å²) in [4.78, 5) is 30.9. The molecule has 9 heteroatoms. The van der Waals surface area contributed by atoms with Crippen LogP contribution >= 0.6 is 0 Å². The molecule has 0 aliphatic rings. The highest BCUT2D eigenvalue weighted by atomic mass is 16.5. The maximum atomic E-state index is 13.9. The van der Waals surface area contributed by atoms with E-state index >= 15 is 0 Å². The smallest absolute Gasteiger partial charge is 0.267 e. The molecule has 0 aliphatic heterocycles. The molecular formula is C30H25N3O6. The number of hydrogen-bond acceptors (Lipinski definition) is 7. The van der Waals surface area contributed by atoms with Gasteiger partial charge in [-0.3, -0.25) is 19.0 Å². The Hall–Kier alpha value is -5.05. The fraction of sp³-hybridized carbons (Fsp3) is 0.167. The first-order chi connectivity index (χ1) is 19.0. The standard InChI is InChI=1S/C30H25N3O6/c1-36-18-6-4-17(5-7-18)15-32-25(34)16-39-19-8-10-23-22(14-19)20-12-13-31-27-21-9-11-24(37-2)29(38-3)26(21)30(35)33(23)28(20)27/h4-14H,15-16H2,1-3H3,(H,32,34). The SMILES string of the molecule is COc1ccc(CNC(=O)COc2ccc3c(c2)c2ccnc4c5ccc(OC)c(OC)c5c(=O)n3c24)cc1. The van der Waals surface area contributed by atoms with Crippen LogP contribution in [0.4, 0.5) is 0 Å². The fourth-order valence-electron chi connectivity index (χ4n) is 5.03. The van der Waals surface area contributed by atoms with Gasteiger partial charge in [-0.15, -0.1) is 0 Å². The van der Waals surface area contributed by atoms with Gasteiger partial charge in [-0.25, -0.2) is 0 Å². The summed E-state index contributed by atoms with van der Waals surface area (Å²) in [5, 5.41) is 5.61. The summed E-state index contributed by atoms with van der Waals surface area (Å²) in [7, 11) is 4.66. The van der Waals surface area contributed by atoms with Crippen molar-refractivity contribution in [3.8, 4) is 23.0 Å². The Bertz CT molecular complexity index is 1910. The molecular weight excluding hydrogens is 498 g/mol. The van der Waals surface area contributed by atoms with Gasteiger partial charge in [-0.05, 0) is 54.1 Å². The van der Waals surface area contributed by atoms with Crippen molar-refractivity contribution >= 4 is 44.0 Å². The Balaban J connectivity index is 1.34. The van der Waals surface area contributed by atoms with Gasteiger partial charge >= 0.3 is 0 Å². The number of benzene rings is 3. The lowest BCUT2D eigenvalue weighted by atomic mass is 10.1. The maximum Gasteiger partial charge on any atom is 0.267 e. The van der Waals surface area contributed by atoms with Crippen molar-refractivity contribution in [2.24, 2.45) is 0 Å². The van der Waals surface area contributed by atoms with E-state index in [1.165, 1.54) is 14.2 Å². The Labute approximate surface area is 222 Å². The monoisotopic (exact) mass is 523 g/mol. The van der Waals surface area contributed by atoms with E-state index in [2.05, 4.69) is 10.3 Å². The highest BCUT2D eigenvalue weighted by Gasteiger charge is 2.22. The number of rotatable bonds is 8. The molecule has 39 heavy (non-hydrogen) atoms. The molecule has 0 fully saturated rings. The number of aromatic nitrogens is 2. The van der Waals surface area contributed by atoms with Crippen LogP contribution in [0.2, 0.25) is 0 Å². The zero-order valence-corrected chi connectivity index (χ0v) is 21.6. The van der Waals surface area contributed by atoms with Crippen LogP contribution in [0.5, 0.6) is 23.0 Å². The van der Waals surface area contributed by atoms with Crippen LogP contribution in [-0.2, 0) is 11.3 Å². The highest BCUT2D eigenvalue weighted by molar-refractivity contribution is 6.19. The van der Waals surface area contributed by atoms with Gasteiger partial charge in [0, 0.05) is 28.9 Å². The Morgan fingerprint density at radius 1 is 0.872 bits per heavy atom. The second-order valence-corrected chi connectivity index (χ2v) is 9.01. The summed E-state index contributed by atoms with van der Waals surface area (Å²) in [6.07, 6.45) is 1.72. The van der Waals surface area contributed by atoms with Crippen molar-refractivity contribution in [1.29, 1.82) is 0 Å². The van der Waals surface area contributed by atoms with Crippen LogP contribution in [0.3, 0.4) is 0 Å². The van der Waals surface area contributed by atoms with Crippen molar-refractivity contribution in [2.45, 2.75) is 6.54 Å². The van der Waals surface area contributed by atoms with Crippen molar-refractivity contribution in [3.63, 3.8) is 0 Å². The highest BCUT2D eigenvalue weighted by Crippen LogP contribution is 2.39. The third kappa shape index (κ3) is 3.99. The van der Waals surface area contributed by atoms with E-state index in [9.17, 15) is 9.59 Å². The molecule has 0 saturated heterocycles. The number of carbonyl (C=O) groups is 1. The number of fused-ring (bicyclic) bond motifs is 5. The van der Waals surface area contributed by atoms with E-state index in [0.717, 1.165) is 22.1 Å². The van der Waals surface area contributed by atoms with E-state index in [4.69, 9.17) is 18.9 Å². The molecule has 0 radical (unpaired) electrons. The van der Waals surface area contributed by atoms with Crippen LogP contribution in [0, 0.1) is 0 Å². The van der Waals surface area contributed by atoms with Crippen molar-refractivity contribution < 1.29 is 23.7 Å².